The van der Waals surface area contributed by atoms with Gasteiger partial charge < -0.3 is 20.9 Å². The third-order valence-electron chi connectivity index (χ3n) is 4.84. The Morgan fingerprint density at radius 1 is 1.14 bits per heavy atom. The molecule has 2 aromatic heterocycles. The van der Waals surface area contributed by atoms with Gasteiger partial charge in [0.2, 0.25) is 11.9 Å². The van der Waals surface area contributed by atoms with Gasteiger partial charge >= 0.3 is 6.18 Å². The molecule has 0 spiro atoms. The summed E-state index contributed by atoms with van der Waals surface area (Å²) in [6, 6.07) is 0.190. The molecule has 1 amide bonds. The second-order valence-electron chi connectivity index (χ2n) is 7.17. The van der Waals surface area contributed by atoms with Crippen molar-refractivity contribution in [2.45, 2.75) is 38.0 Å². The zero-order valence-electron chi connectivity index (χ0n) is 15.7. The molecule has 2 aromatic rings. The van der Waals surface area contributed by atoms with Gasteiger partial charge in [-0.15, -0.1) is 0 Å². The van der Waals surface area contributed by atoms with Gasteiger partial charge in [0.25, 0.3) is 0 Å². The summed E-state index contributed by atoms with van der Waals surface area (Å²) in [5.41, 5.74) is 0.270. The summed E-state index contributed by atoms with van der Waals surface area (Å²) in [5, 5.41) is 9.12. The first-order chi connectivity index (χ1) is 13.7. The Morgan fingerprint density at radius 2 is 1.86 bits per heavy atom. The monoisotopic (exact) mass is 408 g/mol. The van der Waals surface area contributed by atoms with Crippen LogP contribution >= 0.6 is 0 Å². The molecule has 1 aliphatic carbocycles. The van der Waals surface area contributed by atoms with Crippen LogP contribution in [-0.4, -0.2) is 51.5 Å². The Kier molecular flexibility index (Phi) is 4.63. The van der Waals surface area contributed by atoms with Crippen molar-refractivity contribution in [2.24, 2.45) is 0 Å². The lowest BCUT2D eigenvalue weighted by atomic mass is 9.87. The lowest BCUT2D eigenvalue weighted by molar-refractivity contribution is -0.141. The van der Waals surface area contributed by atoms with Crippen molar-refractivity contribution in [3.63, 3.8) is 0 Å². The van der Waals surface area contributed by atoms with Crippen molar-refractivity contribution in [3.05, 3.63) is 23.8 Å². The van der Waals surface area contributed by atoms with Gasteiger partial charge in [0.15, 0.2) is 11.5 Å². The summed E-state index contributed by atoms with van der Waals surface area (Å²) in [5.74, 6) is 1.34. The molecule has 0 bridgehead atoms. The SMILES string of the molecule is Cc1nc(N[C@H]2C[C@@H](Nc3cnc(C(F)(F)F)cn3)C2)nc2c1NC(=O)CN2C. The van der Waals surface area contributed by atoms with Gasteiger partial charge in [-0.3, -0.25) is 4.79 Å². The highest BCUT2D eigenvalue weighted by atomic mass is 19.4. The van der Waals surface area contributed by atoms with Gasteiger partial charge in [-0.2, -0.15) is 18.2 Å². The van der Waals surface area contributed by atoms with Crippen LogP contribution in [0.5, 0.6) is 0 Å². The lowest BCUT2D eigenvalue weighted by Crippen LogP contribution is -2.44. The molecule has 154 valence electrons. The topological polar surface area (TPSA) is 108 Å². The summed E-state index contributed by atoms with van der Waals surface area (Å²) in [4.78, 5) is 29.5. The van der Waals surface area contributed by atoms with Crippen molar-refractivity contribution >= 4 is 29.2 Å². The van der Waals surface area contributed by atoms with Gasteiger partial charge in [0.05, 0.1) is 24.6 Å². The number of aryl methyl sites for hydroxylation is 1. The lowest BCUT2D eigenvalue weighted by Gasteiger charge is -2.37. The first kappa shape index (κ1) is 19.2. The van der Waals surface area contributed by atoms with E-state index in [2.05, 4.69) is 35.9 Å². The first-order valence-electron chi connectivity index (χ1n) is 9.01. The normalized spacial score (nSPS) is 21.1. The van der Waals surface area contributed by atoms with E-state index in [4.69, 9.17) is 0 Å². The molecule has 0 radical (unpaired) electrons. The predicted octanol–water partition coefficient (Wildman–Crippen LogP) is 2.04. The van der Waals surface area contributed by atoms with Gasteiger partial charge in [-0.05, 0) is 19.8 Å². The van der Waals surface area contributed by atoms with Crippen molar-refractivity contribution in [1.82, 2.24) is 19.9 Å². The molecule has 1 saturated carbocycles. The van der Waals surface area contributed by atoms with E-state index in [0.29, 0.717) is 29.0 Å². The molecular weight excluding hydrogens is 389 g/mol. The van der Waals surface area contributed by atoms with Gasteiger partial charge in [-0.25, -0.2) is 15.0 Å². The summed E-state index contributed by atoms with van der Waals surface area (Å²) in [7, 11) is 1.79. The molecule has 1 fully saturated rings. The van der Waals surface area contributed by atoms with Crippen LogP contribution in [0.2, 0.25) is 0 Å². The third kappa shape index (κ3) is 4.00. The van der Waals surface area contributed by atoms with Crippen LogP contribution in [-0.2, 0) is 11.0 Å². The third-order valence-corrected chi connectivity index (χ3v) is 4.84. The fourth-order valence-corrected chi connectivity index (χ4v) is 3.31. The van der Waals surface area contributed by atoms with Crippen LogP contribution in [0.1, 0.15) is 24.2 Å². The highest BCUT2D eigenvalue weighted by molar-refractivity contribution is 6.00. The number of carbonyl (C=O) groups excluding carboxylic acids is 1. The van der Waals surface area contributed by atoms with Crippen LogP contribution in [0, 0.1) is 6.92 Å². The molecule has 0 saturated heterocycles. The molecule has 9 nitrogen and oxygen atoms in total. The molecule has 0 aromatic carbocycles. The molecule has 29 heavy (non-hydrogen) atoms. The van der Waals surface area contributed by atoms with Crippen LogP contribution in [0.25, 0.3) is 0 Å². The Hall–Kier alpha value is -3.18. The number of anilines is 4. The van der Waals surface area contributed by atoms with E-state index in [0.717, 1.165) is 25.2 Å². The zero-order valence-corrected chi connectivity index (χ0v) is 15.7. The summed E-state index contributed by atoms with van der Waals surface area (Å²) in [6.45, 7) is 2.03. The van der Waals surface area contributed by atoms with E-state index in [9.17, 15) is 18.0 Å². The number of hydrogen-bond donors (Lipinski definition) is 3. The summed E-state index contributed by atoms with van der Waals surface area (Å²) < 4.78 is 37.6. The average Bonchev–Trinajstić information content (AvgIpc) is 2.60. The minimum absolute atomic E-state index is 0.0687. The Bertz CT molecular complexity index is 928. The number of alkyl halides is 3. The molecular formula is C17H19F3N8O. The van der Waals surface area contributed by atoms with E-state index in [1.807, 2.05) is 0 Å². The van der Waals surface area contributed by atoms with E-state index < -0.39 is 11.9 Å². The largest absolute Gasteiger partial charge is 0.434 e. The number of carbonyl (C=O) groups is 1. The summed E-state index contributed by atoms with van der Waals surface area (Å²) in [6.07, 6.45) is -1.23. The van der Waals surface area contributed by atoms with Crippen LogP contribution in [0.15, 0.2) is 12.4 Å². The van der Waals surface area contributed by atoms with Crippen molar-refractivity contribution in [3.8, 4) is 0 Å². The average molecular weight is 408 g/mol. The second kappa shape index (κ2) is 7.01. The van der Waals surface area contributed by atoms with Crippen LogP contribution in [0.3, 0.4) is 0 Å². The Morgan fingerprint density at radius 3 is 2.52 bits per heavy atom. The first-order valence-corrected chi connectivity index (χ1v) is 9.01. The minimum atomic E-state index is -4.50. The maximum Gasteiger partial charge on any atom is 0.434 e. The van der Waals surface area contributed by atoms with Crippen LogP contribution < -0.4 is 20.9 Å². The van der Waals surface area contributed by atoms with E-state index >= 15 is 0 Å². The maximum atomic E-state index is 12.5. The number of nitrogens with one attached hydrogen (secondary N) is 3. The van der Waals surface area contributed by atoms with Gasteiger partial charge in [0.1, 0.15) is 11.5 Å². The fraction of sp³-hybridized carbons (Fsp3) is 0.471. The van der Waals surface area contributed by atoms with Crippen molar-refractivity contribution in [1.29, 1.82) is 0 Å². The molecule has 3 heterocycles. The van der Waals surface area contributed by atoms with E-state index in [1.54, 1.807) is 18.9 Å². The standard InChI is InChI=1S/C17H19F3N8O/c1-8-14-15(28(2)7-13(29)26-14)27-16(23-8)25-10-3-9(4-10)24-12-6-21-11(5-22-12)17(18,19)20/h5-6,9-10H,3-4,7H2,1-2H3,(H,22,24)(H,26,29)(H,23,25,27)/t9-,10+. The summed E-state index contributed by atoms with van der Waals surface area (Å²) >= 11 is 0. The second-order valence-corrected chi connectivity index (χ2v) is 7.17. The molecule has 1 aliphatic heterocycles. The van der Waals surface area contributed by atoms with Crippen LogP contribution in [0.4, 0.5) is 36.4 Å². The Balaban J connectivity index is 1.34. The maximum absolute atomic E-state index is 12.5. The molecule has 12 heteroatoms. The highest BCUT2D eigenvalue weighted by Crippen LogP contribution is 2.32. The number of nitrogens with zero attached hydrogens (tertiary/aromatic N) is 5. The molecule has 3 N–H and O–H groups in total. The zero-order chi connectivity index (χ0) is 20.8. The molecule has 2 aliphatic rings. The van der Waals surface area contributed by atoms with E-state index in [1.165, 1.54) is 0 Å². The number of fused-ring (bicyclic) bond motifs is 1. The van der Waals surface area contributed by atoms with Gasteiger partial charge in [0, 0.05) is 19.1 Å². The molecule has 4 rings (SSSR count). The van der Waals surface area contributed by atoms with Crippen molar-refractivity contribution in [2.75, 3.05) is 34.4 Å². The number of hydrogen-bond acceptors (Lipinski definition) is 8. The quantitative estimate of drug-likeness (QED) is 0.706. The molecule has 0 atom stereocenters. The highest BCUT2D eigenvalue weighted by Gasteiger charge is 2.34. The van der Waals surface area contributed by atoms with Gasteiger partial charge in [-0.1, -0.05) is 0 Å². The number of rotatable bonds is 4. The Labute approximate surface area is 164 Å². The van der Waals surface area contributed by atoms with E-state index in [-0.39, 0.29) is 24.5 Å². The van der Waals surface area contributed by atoms with Crippen molar-refractivity contribution < 1.29 is 18.0 Å². The predicted molar refractivity (Wildman–Crippen MR) is 99.8 cm³/mol. The fourth-order valence-electron chi connectivity index (χ4n) is 3.31. The number of halogens is 3. The smallest absolute Gasteiger partial charge is 0.366 e. The number of amides is 1. The number of likely N-dealkylation sites (N-methyl/N-ethyl adjacent to an activating group) is 1. The minimum Gasteiger partial charge on any atom is -0.366 e. The number of aromatic nitrogens is 4. The molecule has 0 unspecified atom stereocenters.